The number of sulfone groups is 1. The van der Waals surface area contributed by atoms with Crippen molar-refractivity contribution < 1.29 is 17.6 Å². The average molecular weight is 348 g/mol. The molecule has 1 aliphatic rings. The maximum Gasteiger partial charge on any atom is 0.322 e. The molecule has 7 heteroatoms. The second kappa shape index (κ2) is 6.68. The highest BCUT2D eigenvalue weighted by molar-refractivity contribution is 7.91. The number of benzene rings is 1. The summed E-state index contributed by atoms with van der Waals surface area (Å²) < 4.78 is 29.2. The van der Waals surface area contributed by atoms with Crippen molar-refractivity contribution >= 4 is 21.6 Å². The van der Waals surface area contributed by atoms with Crippen LogP contribution in [0.3, 0.4) is 0 Å². The van der Waals surface area contributed by atoms with E-state index in [0.717, 1.165) is 5.76 Å². The number of furan rings is 1. The quantitative estimate of drug-likeness (QED) is 0.921. The molecule has 2 aromatic rings. The lowest BCUT2D eigenvalue weighted by Gasteiger charge is -2.27. The minimum Gasteiger partial charge on any atom is -0.464 e. The number of carbonyl (C=O) groups excluding carboxylic acids is 1. The molecule has 0 radical (unpaired) electrons. The lowest BCUT2D eigenvalue weighted by atomic mass is 10.2. The molecule has 1 aromatic carbocycles. The molecule has 128 valence electrons. The van der Waals surface area contributed by atoms with E-state index in [1.165, 1.54) is 0 Å². The van der Waals surface area contributed by atoms with Crippen LogP contribution in [0.1, 0.15) is 17.9 Å². The van der Waals surface area contributed by atoms with Crippen LogP contribution in [0, 0.1) is 6.92 Å². The highest BCUT2D eigenvalue weighted by Crippen LogP contribution is 2.22. The van der Waals surface area contributed by atoms with E-state index >= 15 is 0 Å². The predicted molar refractivity (Wildman–Crippen MR) is 91.5 cm³/mol. The third-order valence-corrected chi connectivity index (χ3v) is 5.81. The molecular weight excluding hydrogens is 328 g/mol. The van der Waals surface area contributed by atoms with E-state index in [2.05, 4.69) is 5.32 Å². The predicted octanol–water partition coefficient (Wildman–Crippen LogP) is 2.81. The third kappa shape index (κ3) is 3.97. The standard InChI is InChI=1S/C17H20N2O4S/c1-13-7-8-16(23-13)11-19(15-9-10-24(21,22)12-15)17(20)18-14-5-3-2-4-6-14/h2-8,15H,9-12H2,1H3,(H,18,20)/t15-/m1/s1. The van der Waals surface area contributed by atoms with E-state index in [1.54, 1.807) is 17.0 Å². The van der Waals surface area contributed by atoms with Crippen LogP contribution >= 0.6 is 0 Å². The molecule has 2 heterocycles. The van der Waals surface area contributed by atoms with Gasteiger partial charge in [-0.05, 0) is 37.6 Å². The van der Waals surface area contributed by atoms with Gasteiger partial charge in [-0.15, -0.1) is 0 Å². The number of aryl methyl sites for hydroxylation is 1. The Bertz CT molecular complexity index is 814. The molecule has 6 nitrogen and oxygen atoms in total. The number of hydrogen-bond donors (Lipinski definition) is 1. The minimum absolute atomic E-state index is 0.00506. The van der Waals surface area contributed by atoms with Crippen molar-refractivity contribution in [1.82, 2.24) is 4.90 Å². The molecule has 1 aliphatic heterocycles. The van der Waals surface area contributed by atoms with E-state index in [4.69, 9.17) is 4.42 Å². The molecule has 2 amide bonds. The van der Waals surface area contributed by atoms with E-state index < -0.39 is 9.84 Å². The van der Waals surface area contributed by atoms with Crippen molar-refractivity contribution in [3.8, 4) is 0 Å². The Morgan fingerprint density at radius 1 is 1.25 bits per heavy atom. The topological polar surface area (TPSA) is 79.6 Å². The summed E-state index contributed by atoms with van der Waals surface area (Å²) in [4.78, 5) is 14.3. The van der Waals surface area contributed by atoms with Crippen LogP contribution in [0.5, 0.6) is 0 Å². The number of nitrogens with zero attached hydrogens (tertiary/aromatic N) is 1. The van der Waals surface area contributed by atoms with E-state index in [9.17, 15) is 13.2 Å². The largest absolute Gasteiger partial charge is 0.464 e. The maximum absolute atomic E-state index is 12.7. The maximum atomic E-state index is 12.7. The Labute approximate surface area is 141 Å². The first-order chi connectivity index (χ1) is 11.4. The zero-order valence-electron chi connectivity index (χ0n) is 13.4. The highest BCUT2D eigenvalue weighted by atomic mass is 32.2. The van der Waals surface area contributed by atoms with Gasteiger partial charge in [0.25, 0.3) is 0 Å². The molecule has 3 rings (SSSR count). The molecule has 0 aliphatic carbocycles. The highest BCUT2D eigenvalue weighted by Gasteiger charge is 2.35. The van der Waals surface area contributed by atoms with Crippen LogP contribution in [-0.2, 0) is 16.4 Å². The third-order valence-electron chi connectivity index (χ3n) is 4.06. The molecular formula is C17H20N2O4S. The summed E-state index contributed by atoms with van der Waals surface area (Å²) in [5, 5.41) is 2.82. The van der Waals surface area contributed by atoms with Crippen molar-refractivity contribution in [1.29, 1.82) is 0 Å². The molecule has 0 bridgehead atoms. The summed E-state index contributed by atoms with van der Waals surface area (Å²) in [6.07, 6.45) is 0.449. The zero-order chi connectivity index (χ0) is 17.2. The van der Waals surface area contributed by atoms with Gasteiger partial charge in [-0.2, -0.15) is 0 Å². The number of urea groups is 1. The zero-order valence-corrected chi connectivity index (χ0v) is 14.3. The molecule has 1 saturated heterocycles. The van der Waals surface area contributed by atoms with Gasteiger partial charge >= 0.3 is 6.03 Å². The van der Waals surface area contributed by atoms with E-state index in [0.29, 0.717) is 17.9 Å². The van der Waals surface area contributed by atoms with E-state index in [1.807, 2.05) is 37.3 Å². The Morgan fingerprint density at radius 2 is 2.00 bits per heavy atom. The van der Waals surface area contributed by atoms with Gasteiger partial charge in [-0.3, -0.25) is 0 Å². The average Bonchev–Trinajstić information content (AvgIpc) is 3.11. The number of rotatable bonds is 4. The second-order valence-electron chi connectivity index (χ2n) is 5.99. The van der Waals surface area contributed by atoms with Gasteiger partial charge in [0.2, 0.25) is 0 Å². The van der Waals surface area contributed by atoms with Gasteiger partial charge in [-0.1, -0.05) is 18.2 Å². The first-order valence-electron chi connectivity index (χ1n) is 7.81. The van der Waals surface area contributed by atoms with Crippen molar-refractivity contribution in [3.05, 3.63) is 54.0 Å². The molecule has 1 fully saturated rings. The second-order valence-corrected chi connectivity index (χ2v) is 8.22. The lowest BCUT2D eigenvalue weighted by molar-refractivity contribution is 0.183. The van der Waals surface area contributed by atoms with E-state index in [-0.39, 0.29) is 30.1 Å². The fourth-order valence-electron chi connectivity index (χ4n) is 2.84. The SMILES string of the molecule is Cc1ccc(CN(C(=O)Nc2ccccc2)[C@@H]2CCS(=O)(=O)C2)o1. The van der Waals surface area contributed by atoms with Crippen LogP contribution in [0.25, 0.3) is 0 Å². The fourth-order valence-corrected chi connectivity index (χ4v) is 4.57. The van der Waals surface area contributed by atoms with Crippen LogP contribution in [0.2, 0.25) is 0 Å². The number of para-hydroxylation sites is 1. The summed E-state index contributed by atoms with van der Waals surface area (Å²) in [5.74, 6) is 1.51. The van der Waals surface area contributed by atoms with Gasteiger partial charge in [0.05, 0.1) is 18.1 Å². The minimum atomic E-state index is -3.09. The van der Waals surface area contributed by atoms with Gasteiger partial charge in [0.15, 0.2) is 9.84 Å². The van der Waals surface area contributed by atoms with Crippen LogP contribution in [0.15, 0.2) is 46.9 Å². The molecule has 0 spiro atoms. The normalized spacial score (nSPS) is 19.1. The monoisotopic (exact) mass is 348 g/mol. The van der Waals surface area contributed by atoms with Gasteiger partial charge in [-0.25, -0.2) is 13.2 Å². The molecule has 0 unspecified atom stereocenters. The van der Waals surface area contributed by atoms with Crippen LogP contribution < -0.4 is 5.32 Å². The summed E-state index contributed by atoms with van der Waals surface area (Å²) in [7, 11) is -3.09. The van der Waals surface area contributed by atoms with Gasteiger partial charge < -0.3 is 14.6 Å². The Morgan fingerprint density at radius 3 is 2.58 bits per heavy atom. The smallest absolute Gasteiger partial charge is 0.322 e. The molecule has 1 N–H and O–H groups in total. The van der Waals surface area contributed by atoms with Crippen molar-refractivity contribution in [2.45, 2.75) is 25.9 Å². The van der Waals surface area contributed by atoms with Crippen molar-refractivity contribution in [2.24, 2.45) is 0 Å². The van der Waals surface area contributed by atoms with Gasteiger partial charge in [0, 0.05) is 11.7 Å². The number of amides is 2. The number of carbonyl (C=O) groups is 1. The number of hydrogen-bond acceptors (Lipinski definition) is 4. The molecule has 1 atom stereocenters. The Hall–Kier alpha value is -2.28. The fraction of sp³-hybridized carbons (Fsp3) is 0.353. The van der Waals surface area contributed by atoms with Gasteiger partial charge in [0.1, 0.15) is 11.5 Å². The summed E-state index contributed by atoms with van der Waals surface area (Å²) in [6.45, 7) is 2.07. The summed E-state index contributed by atoms with van der Waals surface area (Å²) >= 11 is 0. The van der Waals surface area contributed by atoms with Crippen LogP contribution in [-0.4, -0.2) is 36.9 Å². The lowest BCUT2D eigenvalue weighted by Crippen LogP contribution is -2.43. The molecule has 1 aromatic heterocycles. The molecule has 24 heavy (non-hydrogen) atoms. The Balaban J connectivity index is 1.79. The van der Waals surface area contributed by atoms with Crippen molar-refractivity contribution in [2.75, 3.05) is 16.8 Å². The van der Waals surface area contributed by atoms with Crippen LogP contribution in [0.4, 0.5) is 10.5 Å². The first-order valence-corrected chi connectivity index (χ1v) is 9.63. The Kier molecular flexibility index (Phi) is 4.62. The number of anilines is 1. The first kappa shape index (κ1) is 16.6. The summed E-state index contributed by atoms with van der Waals surface area (Å²) in [6, 6.07) is 12.1. The molecule has 0 saturated carbocycles. The van der Waals surface area contributed by atoms with Crippen molar-refractivity contribution in [3.63, 3.8) is 0 Å². The number of nitrogens with one attached hydrogen (secondary N) is 1. The summed E-state index contributed by atoms with van der Waals surface area (Å²) in [5.41, 5.74) is 0.670.